The fourth-order valence-electron chi connectivity index (χ4n) is 1.88. The van der Waals surface area contributed by atoms with E-state index in [1.165, 1.54) is 6.33 Å². The molecule has 116 valence electrons. The van der Waals surface area contributed by atoms with Crippen LogP contribution in [0.2, 0.25) is 0 Å². The second-order valence-electron chi connectivity index (χ2n) is 5.01. The number of benzene rings is 1. The second kappa shape index (κ2) is 6.86. The number of H-pyrrole nitrogens is 1. The number of aryl methyl sites for hydroxylation is 1. The molecule has 1 atom stereocenters. The van der Waals surface area contributed by atoms with Crippen molar-refractivity contribution in [3.8, 4) is 0 Å². The maximum Gasteiger partial charge on any atom is 0.276 e. The molecule has 7 heteroatoms. The van der Waals surface area contributed by atoms with E-state index < -0.39 is 17.9 Å². The Bertz CT molecular complexity index is 679. The van der Waals surface area contributed by atoms with Gasteiger partial charge in [-0.05, 0) is 31.5 Å². The number of amides is 2. The lowest BCUT2D eigenvalue weighted by molar-refractivity contribution is 0.0909. The van der Waals surface area contributed by atoms with Gasteiger partial charge in [0.2, 0.25) is 0 Å². The van der Waals surface area contributed by atoms with Crippen LogP contribution in [0.5, 0.6) is 0 Å². The molecule has 0 bridgehead atoms. The van der Waals surface area contributed by atoms with Gasteiger partial charge in [-0.1, -0.05) is 12.1 Å². The van der Waals surface area contributed by atoms with Crippen molar-refractivity contribution in [2.24, 2.45) is 0 Å². The highest BCUT2D eigenvalue weighted by molar-refractivity contribution is 6.10. The van der Waals surface area contributed by atoms with Gasteiger partial charge in [0.25, 0.3) is 11.8 Å². The lowest BCUT2D eigenvalue weighted by Crippen LogP contribution is -2.32. The average Bonchev–Trinajstić information content (AvgIpc) is 2.94. The number of aromatic amines is 1. The van der Waals surface area contributed by atoms with E-state index in [1.807, 2.05) is 25.1 Å². The van der Waals surface area contributed by atoms with E-state index in [-0.39, 0.29) is 17.9 Å². The lowest BCUT2D eigenvalue weighted by Gasteiger charge is -2.08. The van der Waals surface area contributed by atoms with Crippen molar-refractivity contribution in [1.29, 1.82) is 0 Å². The molecule has 0 saturated heterocycles. The zero-order valence-corrected chi connectivity index (χ0v) is 12.4. The molecular weight excluding hydrogens is 284 g/mol. The molecule has 0 aliphatic heterocycles. The van der Waals surface area contributed by atoms with E-state index in [0.29, 0.717) is 5.69 Å². The SMILES string of the molecule is Cc1cccc(NC(=O)c2nc[nH]c2C(=O)NC[C@H](C)O)c1. The molecule has 2 aromatic rings. The predicted molar refractivity (Wildman–Crippen MR) is 81.7 cm³/mol. The fraction of sp³-hybridized carbons (Fsp3) is 0.267. The van der Waals surface area contributed by atoms with Gasteiger partial charge in [-0.3, -0.25) is 9.59 Å². The van der Waals surface area contributed by atoms with Crippen LogP contribution in [0.1, 0.15) is 33.5 Å². The Kier molecular flexibility index (Phi) is 4.90. The van der Waals surface area contributed by atoms with Gasteiger partial charge in [0.05, 0.1) is 12.4 Å². The van der Waals surface area contributed by atoms with E-state index in [1.54, 1.807) is 13.0 Å². The summed E-state index contributed by atoms with van der Waals surface area (Å²) in [5.74, 6) is -0.971. The number of aromatic nitrogens is 2. The number of imidazole rings is 1. The summed E-state index contributed by atoms with van der Waals surface area (Å²) in [6.45, 7) is 3.56. The van der Waals surface area contributed by atoms with Crippen molar-refractivity contribution in [3.05, 3.63) is 47.5 Å². The largest absolute Gasteiger partial charge is 0.392 e. The quantitative estimate of drug-likeness (QED) is 0.663. The molecule has 0 saturated carbocycles. The van der Waals surface area contributed by atoms with Crippen molar-refractivity contribution in [2.45, 2.75) is 20.0 Å². The van der Waals surface area contributed by atoms with Crippen LogP contribution in [0, 0.1) is 6.92 Å². The van der Waals surface area contributed by atoms with Crippen LogP contribution in [-0.4, -0.2) is 39.5 Å². The van der Waals surface area contributed by atoms with Crippen LogP contribution >= 0.6 is 0 Å². The van der Waals surface area contributed by atoms with E-state index in [0.717, 1.165) is 5.56 Å². The highest BCUT2D eigenvalue weighted by atomic mass is 16.3. The summed E-state index contributed by atoms with van der Waals surface area (Å²) in [5, 5.41) is 14.4. The average molecular weight is 302 g/mol. The number of carbonyl (C=O) groups is 2. The van der Waals surface area contributed by atoms with Crippen LogP contribution < -0.4 is 10.6 Å². The van der Waals surface area contributed by atoms with Gasteiger partial charge >= 0.3 is 0 Å². The van der Waals surface area contributed by atoms with Gasteiger partial charge in [0, 0.05) is 12.2 Å². The van der Waals surface area contributed by atoms with Gasteiger partial charge in [0.15, 0.2) is 5.69 Å². The molecule has 4 N–H and O–H groups in total. The van der Waals surface area contributed by atoms with Gasteiger partial charge in [-0.25, -0.2) is 4.98 Å². The molecule has 0 radical (unpaired) electrons. The number of aliphatic hydroxyl groups is 1. The van der Waals surface area contributed by atoms with E-state index in [4.69, 9.17) is 0 Å². The molecule has 0 spiro atoms. The molecule has 1 aromatic carbocycles. The first-order valence-electron chi connectivity index (χ1n) is 6.85. The number of nitrogens with one attached hydrogen (secondary N) is 3. The summed E-state index contributed by atoms with van der Waals surface area (Å²) in [5.41, 5.74) is 1.70. The van der Waals surface area contributed by atoms with Crippen LogP contribution in [-0.2, 0) is 0 Å². The second-order valence-corrected chi connectivity index (χ2v) is 5.01. The molecule has 0 aliphatic carbocycles. The number of rotatable bonds is 5. The van der Waals surface area contributed by atoms with E-state index in [9.17, 15) is 14.7 Å². The van der Waals surface area contributed by atoms with E-state index >= 15 is 0 Å². The zero-order chi connectivity index (χ0) is 16.1. The van der Waals surface area contributed by atoms with Crippen molar-refractivity contribution < 1.29 is 14.7 Å². The number of anilines is 1. The van der Waals surface area contributed by atoms with Crippen LogP contribution in [0.15, 0.2) is 30.6 Å². The van der Waals surface area contributed by atoms with Crippen molar-refractivity contribution in [1.82, 2.24) is 15.3 Å². The first kappa shape index (κ1) is 15.7. The lowest BCUT2D eigenvalue weighted by atomic mass is 10.2. The Morgan fingerprint density at radius 2 is 2.14 bits per heavy atom. The molecule has 1 heterocycles. The van der Waals surface area contributed by atoms with Crippen molar-refractivity contribution in [2.75, 3.05) is 11.9 Å². The first-order chi connectivity index (χ1) is 10.5. The molecule has 2 rings (SSSR count). The summed E-state index contributed by atoms with van der Waals surface area (Å²) in [6, 6.07) is 7.31. The fourth-order valence-corrected chi connectivity index (χ4v) is 1.88. The molecule has 1 aromatic heterocycles. The summed E-state index contributed by atoms with van der Waals surface area (Å²) < 4.78 is 0. The third-order valence-corrected chi connectivity index (χ3v) is 2.92. The molecule has 0 unspecified atom stereocenters. The summed E-state index contributed by atoms with van der Waals surface area (Å²) in [4.78, 5) is 30.7. The molecule has 0 aliphatic rings. The predicted octanol–water partition coefficient (Wildman–Crippen LogP) is 1.08. The number of hydrogen-bond acceptors (Lipinski definition) is 4. The summed E-state index contributed by atoms with van der Waals surface area (Å²) in [6.07, 6.45) is 0.610. The Balaban J connectivity index is 2.11. The van der Waals surface area contributed by atoms with Crippen LogP contribution in [0.4, 0.5) is 5.69 Å². The molecule has 2 amide bonds. The zero-order valence-electron chi connectivity index (χ0n) is 12.4. The van der Waals surface area contributed by atoms with Gasteiger partial charge in [-0.2, -0.15) is 0 Å². The van der Waals surface area contributed by atoms with Gasteiger partial charge in [0.1, 0.15) is 5.69 Å². The standard InChI is InChI=1S/C15H18N4O3/c1-9-4-3-5-11(6-9)19-15(22)13-12(17-8-18-13)14(21)16-7-10(2)20/h3-6,8,10,20H,7H2,1-2H3,(H,16,21)(H,17,18)(H,19,22)/t10-/m0/s1. The minimum absolute atomic E-state index is 0.00426. The number of aliphatic hydroxyl groups excluding tert-OH is 1. The third-order valence-electron chi connectivity index (χ3n) is 2.92. The third kappa shape index (κ3) is 3.92. The van der Waals surface area contributed by atoms with Crippen LogP contribution in [0.25, 0.3) is 0 Å². The maximum absolute atomic E-state index is 12.2. The molecule has 7 nitrogen and oxygen atoms in total. The Morgan fingerprint density at radius 3 is 2.82 bits per heavy atom. The monoisotopic (exact) mass is 302 g/mol. The van der Waals surface area contributed by atoms with Crippen molar-refractivity contribution in [3.63, 3.8) is 0 Å². The topological polar surface area (TPSA) is 107 Å². The summed E-state index contributed by atoms with van der Waals surface area (Å²) >= 11 is 0. The first-order valence-corrected chi connectivity index (χ1v) is 6.85. The summed E-state index contributed by atoms with van der Waals surface area (Å²) in [7, 11) is 0. The minimum atomic E-state index is -0.670. The molecular formula is C15H18N4O3. The van der Waals surface area contributed by atoms with Crippen molar-refractivity contribution >= 4 is 17.5 Å². The highest BCUT2D eigenvalue weighted by Gasteiger charge is 2.20. The molecule has 0 fully saturated rings. The normalized spacial score (nSPS) is 11.8. The maximum atomic E-state index is 12.2. The highest BCUT2D eigenvalue weighted by Crippen LogP contribution is 2.12. The van der Waals surface area contributed by atoms with Gasteiger partial charge in [-0.15, -0.1) is 0 Å². The van der Waals surface area contributed by atoms with Gasteiger partial charge < -0.3 is 20.7 Å². The Morgan fingerprint density at radius 1 is 1.36 bits per heavy atom. The Labute approximate surface area is 127 Å². The van der Waals surface area contributed by atoms with E-state index in [2.05, 4.69) is 20.6 Å². The number of carbonyl (C=O) groups excluding carboxylic acids is 2. The minimum Gasteiger partial charge on any atom is -0.392 e. The Hall–Kier alpha value is -2.67. The number of hydrogen-bond donors (Lipinski definition) is 4. The number of nitrogens with zero attached hydrogens (tertiary/aromatic N) is 1. The smallest absolute Gasteiger partial charge is 0.276 e. The molecule has 22 heavy (non-hydrogen) atoms. The van der Waals surface area contributed by atoms with Crippen LogP contribution in [0.3, 0.4) is 0 Å².